The van der Waals surface area contributed by atoms with Gasteiger partial charge in [0.1, 0.15) is 11.5 Å². The fourth-order valence-corrected chi connectivity index (χ4v) is 3.78. The number of benzene rings is 2. The van der Waals surface area contributed by atoms with Crippen LogP contribution in [0.1, 0.15) is 10.4 Å². The zero-order valence-electron chi connectivity index (χ0n) is 14.6. The predicted molar refractivity (Wildman–Crippen MR) is 107 cm³/mol. The molecule has 2 aromatic carbocycles. The summed E-state index contributed by atoms with van der Waals surface area (Å²) >= 11 is 3.21. The Hall–Kier alpha value is -2.91. The van der Waals surface area contributed by atoms with Gasteiger partial charge in [0.15, 0.2) is 0 Å². The van der Waals surface area contributed by atoms with Crippen molar-refractivity contribution in [3.63, 3.8) is 0 Å². The number of sulfonamides is 1. The summed E-state index contributed by atoms with van der Waals surface area (Å²) in [5.74, 6) is 0.529. The van der Waals surface area contributed by atoms with Gasteiger partial charge in [-0.25, -0.2) is 13.2 Å². The molecule has 3 rings (SSSR count). The van der Waals surface area contributed by atoms with Crippen molar-refractivity contribution in [3.05, 3.63) is 77.0 Å². The number of aromatic nitrogens is 1. The number of ether oxygens (including phenoxy) is 2. The van der Waals surface area contributed by atoms with Crippen LogP contribution in [0.15, 0.2) is 76.4 Å². The number of carbonyl (C=O) groups is 1. The second kappa shape index (κ2) is 8.41. The van der Waals surface area contributed by atoms with Crippen LogP contribution in [0.3, 0.4) is 0 Å². The maximum atomic E-state index is 12.6. The number of methoxy groups -OCH3 is 1. The van der Waals surface area contributed by atoms with Crippen LogP contribution in [0.25, 0.3) is 0 Å². The maximum absolute atomic E-state index is 12.6. The highest BCUT2D eigenvalue weighted by Crippen LogP contribution is 2.26. The Bertz CT molecular complexity index is 1090. The lowest BCUT2D eigenvalue weighted by atomic mass is 10.2. The minimum Gasteiger partial charge on any atom is -0.465 e. The molecule has 3 aromatic rings. The van der Waals surface area contributed by atoms with Gasteiger partial charge in [-0.2, -0.15) is 0 Å². The molecule has 0 aliphatic rings. The summed E-state index contributed by atoms with van der Waals surface area (Å²) in [5, 5.41) is 0. The molecule has 1 aromatic heterocycles. The molecule has 0 aliphatic carbocycles. The van der Waals surface area contributed by atoms with E-state index in [2.05, 4.69) is 30.4 Å². The summed E-state index contributed by atoms with van der Waals surface area (Å²) in [4.78, 5) is 15.6. The number of nitrogens with one attached hydrogen (secondary N) is 1. The number of pyridine rings is 1. The van der Waals surface area contributed by atoms with Crippen molar-refractivity contribution >= 4 is 37.6 Å². The number of anilines is 1. The van der Waals surface area contributed by atoms with E-state index in [1.165, 1.54) is 25.3 Å². The van der Waals surface area contributed by atoms with Crippen LogP contribution >= 0.6 is 15.9 Å². The SMILES string of the molecule is COC(=O)c1cc(S(=O)(=O)Nc2ccc(Oc3ccncc3)cc2)ccc1Br. The lowest BCUT2D eigenvalue weighted by molar-refractivity contribution is 0.0599. The van der Waals surface area contributed by atoms with E-state index in [-0.39, 0.29) is 10.5 Å². The van der Waals surface area contributed by atoms with E-state index in [1.807, 2.05) is 0 Å². The molecular weight excluding hydrogens is 448 g/mol. The minimum atomic E-state index is -3.89. The third kappa shape index (κ3) is 4.68. The molecule has 1 N–H and O–H groups in total. The van der Waals surface area contributed by atoms with Gasteiger partial charge in [0.25, 0.3) is 10.0 Å². The molecule has 28 heavy (non-hydrogen) atoms. The van der Waals surface area contributed by atoms with Crippen molar-refractivity contribution in [3.8, 4) is 11.5 Å². The fraction of sp³-hybridized carbons (Fsp3) is 0.0526. The van der Waals surface area contributed by atoms with E-state index in [1.54, 1.807) is 48.8 Å². The molecule has 0 unspecified atom stereocenters. The van der Waals surface area contributed by atoms with Crippen molar-refractivity contribution in [2.45, 2.75) is 4.90 Å². The lowest BCUT2D eigenvalue weighted by Crippen LogP contribution is -2.14. The molecule has 1 heterocycles. The summed E-state index contributed by atoms with van der Waals surface area (Å²) in [6.07, 6.45) is 3.22. The van der Waals surface area contributed by atoms with Crippen molar-refractivity contribution in [2.75, 3.05) is 11.8 Å². The van der Waals surface area contributed by atoms with Gasteiger partial charge in [0.05, 0.1) is 17.6 Å². The summed E-state index contributed by atoms with van der Waals surface area (Å²) in [6.45, 7) is 0. The molecular formula is C19H15BrN2O5S. The van der Waals surface area contributed by atoms with Crippen molar-refractivity contribution in [2.24, 2.45) is 0 Å². The Labute approximate surface area is 170 Å². The van der Waals surface area contributed by atoms with Crippen LogP contribution < -0.4 is 9.46 Å². The topological polar surface area (TPSA) is 94.6 Å². The van der Waals surface area contributed by atoms with Crippen LogP contribution in [-0.4, -0.2) is 26.5 Å². The first-order valence-corrected chi connectivity index (χ1v) is 10.3. The second-order valence-electron chi connectivity index (χ2n) is 5.55. The third-order valence-electron chi connectivity index (χ3n) is 3.65. The molecule has 0 radical (unpaired) electrons. The standard InChI is InChI=1S/C19H15BrN2O5S/c1-26-19(23)17-12-16(6-7-18(17)20)28(24,25)22-13-2-4-14(5-3-13)27-15-8-10-21-11-9-15/h2-12,22H,1H3. The molecule has 9 heteroatoms. The van der Waals surface area contributed by atoms with Crippen molar-refractivity contribution in [1.29, 1.82) is 0 Å². The van der Waals surface area contributed by atoms with Gasteiger partial charge in [-0.05, 0) is 70.5 Å². The molecule has 0 saturated heterocycles. The minimum absolute atomic E-state index is 0.0618. The van der Waals surface area contributed by atoms with Crippen molar-refractivity contribution in [1.82, 2.24) is 4.98 Å². The number of halogens is 1. The van der Waals surface area contributed by atoms with E-state index in [9.17, 15) is 13.2 Å². The van der Waals surface area contributed by atoms with Gasteiger partial charge in [-0.15, -0.1) is 0 Å². The van der Waals surface area contributed by atoms with Gasteiger partial charge in [0.2, 0.25) is 0 Å². The molecule has 0 aliphatic heterocycles. The smallest absolute Gasteiger partial charge is 0.339 e. The molecule has 0 saturated carbocycles. The van der Waals surface area contributed by atoms with E-state index >= 15 is 0 Å². The molecule has 7 nitrogen and oxygen atoms in total. The molecule has 0 bridgehead atoms. The summed E-state index contributed by atoms with van der Waals surface area (Å²) < 4.78 is 38.5. The Balaban J connectivity index is 1.78. The maximum Gasteiger partial charge on any atom is 0.339 e. The Morgan fingerprint density at radius 1 is 1.00 bits per heavy atom. The highest BCUT2D eigenvalue weighted by molar-refractivity contribution is 9.10. The number of rotatable bonds is 6. The zero-order valence-corrected chi connectivity index (χ0v) is 17.0. The average molecular weight is 463 g/mol. The molecule has 0 amide bonds. The Kier molecular flexibility index (Phi) is 5.96. The van der Waals surface area contributed by atoms with Crippen LogP contribution in [0, 0.1) is 0 Å². The van der Waals surface area contributed by atoms with E-state index < -0.39 is 16.0 Å². The molecule has 0 spiro atoms. The molecule has 0 atom stereocenters. The molecule has 0 fully saturated rings. The number of carbonyl (C=O) groups excluding carboxylic acids is 1. The normalized spacial score (nSPS) is 10.9. The number of hydrogen-bond acceptors (Lipinski definition) is 6. The van der Waals surface area contributed by atoms with Gasteiger partial charge < -0.3 is 9.47 Å². The average Bonchev–Trinajstić information content (AvgIpc) is 2.69. The van der Waals surface area contributed by atoms with Gasteiger partial charge in [-0.1, -0.05) is 0 Å². The monoisotopic (exact) mass is 462 g/mol. The van der Waals surface area contributed by atoms with Crippen LogP contribution in [0.4, 0.5) is 5.69 Å². The van der Waals surface area contributed by atoms with E-state index in [0.29, 0.717) is 21.7 Å². The first kappa shape index (κ1) is 19.8. The number of esters is 1. The number of hydrogen-bond donors (Lipinski definition) is 1. The molecule has 144 valence electrons. The predicted octanol–water partition coefficient (Wildman–Crippen LogP) is 4.22. The summed E-state index contributed by atoms with van der Waals surface area (Å²) in [7, 11) is -2.67. The van der Waals surface area contributed by atoms with Crippen molar-refractivity contribution < 1.29 is 22.7 Å². The second-order valence-corrected chi connectivity index (χ2v) is 8.08. The van der Waals surface area contributed by atoms with Gasteiger partial charge >= 0.3 is 5.97 Å². The Morgan fingerprint density at radius 2 is 1.64 bits per heavy atom. The van der Waals surface area contributed by atoms with Gasteiger partial charge in [0, 0.05) is 22.6 Å². The van der Waals surface area contributed by atoms with Crippen LogP contribution in [-0.2, 0) is 14.8 Å². The quantitative estimate of drug-likeness (QED) is 0.550. The zero-order chi connectivity index (χ0) is 20.1. The third-order valence-corrected chi connectivity index (χ3v) is 5.72. The van der Waals surface area contributed by atoms with E-state index in [4.69, 9.17) is 4.74 Å². The van der Waals surface area contributed by atoms with Crippen LogP contribution in [0.2, 0.25) is 0 Å². The van der Waals surface area contributed by atoms with Crippen LogP contribution in [0.5, 0.6) is 11.5 Å². The highest BCUT2D eigenvalue weighted by Gasteiger charge is 2.19. The van der Waals surface area contributed by atoms with E-state index in [0.717, 1.165) is 0 Å². The lowest BCUT2D eigenvalue weighted by Gasteiger charge is -2.11. The summed E-state index contributed by atoms with van der Waals surface area (Å²) in [5.41, 5.74) is 0.469. The largest absolute Gasteiger partial charge is 0.465 e. The first-order chi connectivity index (χ1) is 13.4. The number of nitrogens with zero attached hydrogens (tertiary/aromatic N) is 1. The Morgan fingerprint density at radius 3 is 2.29 bits per heavy atom. The summed E-state index contributed by atoms with van der Waals surface area (Å²) in [6, 6.07) is 14.0. The fourth-order valence-electron chi connectivity index (χ4n) is 2.29. The first-order valence-electron chi connectivity index (χ1n) is 7.98. The van der Waals surface area contributed by atoms with Gasteiger partial charge in [-0.3, -0.25) is 9.71 Å². The highest BCUT2D eigenvalue weighted by atomic mass is 79.9.